The number of hydrogen-bond donors (Lipinski definition) is 2. The highest BCUT2D eigenvalue weighted by Crippen LogP contribution is 2.19. The lowest BCUT2D eigenvalue weighted by Crippen LogP contribution is -2.22. The smallest absolute Gasteiger partial charge is 0.244 e. The number of benzene rings is 1. The van der Waals surface area contributed by atoms with Gasteiger partial charge in [0.15, 0.2) is 15.7 Å². The van der Waals surface area contributed by atoms with Gasteiger partial charge in [0.05, 0.1) is 17.7 Å². The van der Waals surface area contributed by atoms with E-state index in [9.17, 15) is 8.42 Å². The molecule has 0 saturated carbocycles. The Morgan fingerprint density at radius 2 is 2.00 bits per heavy atom. The van der Waals surface area contributed by atoms with Crippen LogP contribution in [0.3, 0.4) is 0 Å². The maximum Gasteiger partial charge on any atom is 0.244 e. The Kier molecular flexibility index (Phi) is 4.25. The lowest BCUT2D eigenvalue weighted by molar-refractivity contribution is 0.602. The first kappa shape index (κ1) is 15.2. The van der Waals surface area contributed by atoms with Crippen molar-refractivity contribution in [2.24, 2.45) is 0 Å². The van der Waals surface area contributed by atoms with Crippen LogP contribution in [-0.4, -0.2) is 41.1 Å². The first-order valence-corrected chi connectivity index (χ1v) is 9.31. The molecular weight excluding hydrogens is 370 g/mol. The third-order valence-electron chi connectivity index (χ3n) is 3.24. The fourth-order valence-corrected chi connectivity index (χ4v) is 4.14. The van der Waals surface area contributed by atoms with Crippen LogP contribution in [-0.2, 0) is 9.84 Å². The van der Waals surface area contributed by atoms with Gasteiger partial charge in [-0.25, -0.2) is 8.42 Å². The number of rotatable bonds is 4. The maximum absolute atomic E-state index is 11.5. The van der Waals surface area contributed by atoms with E-state index in [0.717, 1.165) is 10.2 Å². The first-order chi connectivity index (χ1) is 10.5. The second-order valence-electron chi connectivity index (χ2n) is 5.04. The third kappa shape index (κ3) is 3.92. The number of nitrogens with zero attached hydrogens (tertiary/aromatic N) is 3. The summed E-state index contributed by atoms with van der Waals surface area (Å²) in [5, 5.41) is 13.9. The van der Waals surface area contributed by atoms with Gasteiger partial charge in [0, 0.05) is 16.2 Å². The van der Waals surface area contributed by atoms with E-state index in [1.54, 1.807) is 0 Å². The van der Waals surface area contributed by atoms with Gasteiger partial charge in [-0.05, 0) is 30.7 Å². The van der Waals surface area contributed by atoms with Gasteiger partial charge in [0.2, 0.25) is 5.95 Å². The minimum Gasteiger partial charge on any atom is -0.349 e. The van der Waals surface area contributed by atoms with Crippen molar-refractivity contribution in [1.29, 1.82) is 0 Å². The summed E-state index contributed by atoms with van der Waals surface area (Å²) in [5.74, 6) is 1.18. The topological polar surface area (TPSA) is 96.9 Å². The highest BCUT2D eigenvalue weighted by atomic mass is 79.9. The SMILES string of the molecule is O=S1(=O)CCC(Nc2nncc(Nc3ccc(Br)cc3)n2)C1. The monoisotopic (exact) mass is 383 g/mol. The predicted molar refractivity (Wildman–Crippen MR) is 87.9 cm³/mol. The Morgan fingerprint density at radius 3 is 2.68 bits per heavy atom. The molecule has 22 heavy (non-hydrogen) atoms. The van der Waals surface area contributed by atoms with Crippen molar-refractivity contribution in [3.05, 3.63) is 34.9 Å². The van der Waals surface area contributed by atoms with Gasteiger partial charge < -0.3 is 10.6 Å². The molecule has 7 nitrogen and oxygen atoms in total. The molecule has 1 unspecified atom stereocenters. The van der Waals surface area contributed by atoms with Gasteiger partial charge in [-0.1, -0.05) is 15.9 Å². The predicted octanol–water partition coefficient (Wildman–Crippen LogP) is 1.98. The number of anilines is 3. The van der Waals surface area contributed by atoms with Gasteiger partial charge in [0.25, 0.3) is 0 Å². The van der Waals surface area contributed by atoms with Gasteiger partial charge in [-0.2, -0.15) is 10.1 Å². The van der Waals surface area contributed by atoms with Gasteiger partial charge in [0.1, 0.15) is 0 Å². The Morgan fingerprint density at radius 1 is 1.23 bits per heavy atom. The molecule has 9 heteroatoms. The van der Waals surface area contributed by atoms with Crippen LogP contribution < -0.4 is 10.6 Å². The molecule has 0 bridgehead atoms. The summed E-state index contributed by atoms with van der Waals surface area (Å²) in [6, 6.07) is 7.49. The number of hydrogen-bond acceptors (Lipinski definition) is 7. The molecule has 2 heterocycles. The summed E-state index contributed by atoms with van der Waals surface area (Å²) in [6.07, 6.45) is 2.08. The number of halogens is 1. The second kappa shape index (κ2) is 6.17. The minimum atomic E-state index is -2.94. The number of nitrogens with one attached hydrogen (secondary N) is 2. The van der Waals surface area contributed by atoms with E-state index in [2.05, 4.69) is 41.7 Å². The maximum atomic E-state index is 11.5. The summed E-state index contributed by atoms with van der Waals surface area (Å²) in [6.45, 7) is 0. The molecule has 3 rings (SSSR count). The van der Waals surface area contributed by atoms with Crippen LogP contribution in [0.15, 0.2) is 34.9 Å². The molecule has 2 N–H and O–H groups in total. The largest absolute Gasteiger partial charge is 0.349 e. The van der Waals surface area contributed by atoms with Gasteiger partial charge >= 0.3 is 0 Å². The Bertz CT molecular complexity index is 766. The van der Waals surface area contributed by atoms with E-state index in [1.165, 1.54) is 6.20 Å². The summed E-state index contributed by atoms with van der Waals surface area (Å²) in [4.78, 5) is 4.30. The second-order valence-corrected chi connectivity index (χ2v) is 8.19. The van der Waals surface area contributed by atoms with Gasteiger partial charge in [-0.15, -0.1) is 5.10 Å². The standard InChI is InChI=1S/C13H14BrN5O2S/c14-9-1-3-10(4-2-9)16-12-7-15-19-13(18-12)17-11-5-6-22(20,21)8-11/h1-4,7,11H,5-6,8H2,(H2,16,17,18,19). The molecule has 0 aliphatic carbocycles. The van der Waals surface area contributed by atoms with Crippen LogP contribution in [0.4, 0.5) is 17.5 Å². The van der Waals surface area contributed by atoms with Crippen molar-refractivity contribution in [3.8, 4) is 0 Å². The van der Waals surface area contributed by atoms with E-state index < -0.39 is 9.84 Å². The zero-order valence-electron chi connectivity index (χ0n) is 11.5. The normalized spacial score (nSPS) is 19.8. The lowest BCUT2D eigenvalue weighted by Gasteiger charge is -2.11. The van der Waals surface area contributed by atoms with E-state index in [1.807, 2.05) is 24.3 Å². The summed E-state index contributed by atoms with van der Waals surface area (Å²) >= 11 is 3.38. The Balaban J connectivity index is 1.68. The molecule has 116 valence electrons. The first-order valence-electron chi connectivity index (χ1n) is 6.69. The van der Waals surface area contributed by atoms with Crippen molar-refractivity contribution in [2.75, 3.05) is 22.1 Å². The van der Waals surface area contributed by atoms with Crippen molar-refractivity contribution in [2.45, 2.75) is 12.5 Å². The molecule has 0 radical (unpaired) electrons. The van der Waals surface area contributed by atoms with Crippen LogP contribution in [0.5, 0.6) is 0 Å². The fourth-order valence-electron chi connectivity index (χ4n) is 2.20. The van der Waals surface area contributed by atoms with Crippen molar-refractivity contribution >= 4 is 43.2 Å². The average Bonchev–Trinajstić information content (AvgIpc) is 2.81. The number of sulfone groups is 1. The third-order valence-corrected chi connectivity index (χ3v) is 5.54. The highest BCUT2D eigenvalue weighted by Gasteiger charge is 2.28. The fraction of sp³-hybridized carbons (Fsp3) is 0.308. The average molecular weight is 384 g/mol. The zero-order chi connectivity index (χ0) is 15.6. The molecular formula is C13H14BrN5O2S. The Labute approximate surface area is 136 Å². The van der Waals surface area contributed by atoms with Crippen LogP contribution >= 0.6 is 15.9 Å². The molecule has 1 aromatic heterocycles. The van der Waals surface area contributed by atoms with Crippen LogP contribution in [0.1, 0.15) is 6.42 Å². The lowest BCUT2D eigenvalue weighted by atomic mass is 10.3. The summed E-state index contributed by atoms with van der Waals surface area (Å²) in [5.41, 5.74) is 0.873. The van der Waals surface area contributed by atoms with E-state index in [0.29, 0.717) is 18.2 Å². The highest BCUT2D eigenvalue weighted by molar-refractivity contribution is 9.10. The van der Waals surface area contributed by atoms with Crippen molar-refractivity contribution in [3.63, 3.8) is 0 Å². The quantitative estimate of drug-likeness (QED) is 0.832. The minimum absolute atomic E-state index is 0.112. The van der Waals surface area contributed by atoms with E-state index in [4.69, 9.17) is 0 Å². The van der Waals surface area contributed by atoms with Crippen LogP contribution in [0.2, 0.25) is 0 Å². The van der Waals surface area contributed by atoms with E-state index >= 15 is 0 Å². The van der Waals surface area contributed by atoms with Crippen molar-refractivity contribution in [1.82, 2.24) is 15.2 Å². The van der Waals surface area contributed by atoms with Crippen LogP contribution in [0.25, 0.3) is 0 Å². The van der Waals surface area contributed by atoms with Gasteiger partial charge in [-0.3, -0.25) is 0 Å². The molecule has 1 fully saturated rings. The molecule has 0 amide bonds. The summed E-state index contributed by atoms with van der Waals surface area (Å²) < 4.78 is 23.9. The van der Waals surface area contributed by atoms with E-state index in [-0.39, 0.29) is 17.5 Å². The molecule has 2 aromatic rings. The molecule has 1 aromatic carbocycles. The Hall–Kier alpha value is -1.74. The van der Waals surface area contributed by atoms with Crippen molar-refractivity contribution < 1.29 is 8.42 Å². The molecule has 1 aliphatic heterocycles. The van der Waals surface area contributed by atoms with Crippen LogP contribution in [0, 0.1) is 0 Å². The number of aromatic nitrogens is 3. The molecule has 1 atom stereocenters. The summed E-state index contributed by atoms with van der Waals surface area (Å²) in [7, 11) is -2.94. The molecule has 1 aliphatic rings. The molecule has 0 spiro atoms. The zero-order valence-corrected chi connectivity index (χ0v) is 13.9. The molecule has 1 saturated heterocycles.